The third-order valence-corrected chi connectivity index (χ3v) is 5.67. The molecule has 2 atom stereocenters. The number of sulfone groups is 1. The van der Waals surface area contributed by atoms with Gasteiger partial charge in [-0.1, -0.05) is 18.2 Å². The van der Waals surface area contributed by atoms with Gasteiger partial charge in [-0.05, 0) is 12.5 Å². The standard InChI is InChI=1S/C14H13NO4S/c15-8-14(5-6-20(17,18)9-14)13(16)11-7-19-12-4-2-1-3-10(11)12/h1-4,7,13,16H,5-6,9H2. The van der Waals surface area contributed by atoms with Crippen LogP contribution in [0.2, 0.25) is 0 Å². The zero-order valence-electron chi connectivity index (χ0n) is 10.6. The van der Waals surface area contributed by atoms with Gasteiger partial charge in [0.15, 0.2) is 9.84 Å². The van der Waals surface area contributed by atoms with Crippen molar-refractivity contribution in [2.75, 3.05) is 11.5 Å². The molecule has 0 saturated carbocycles. The molecule has 2 aromatic rings. The summed E-state index contributed by atoms with van der Waals surface area (Å²) >= 11 is 0. The molecule has 0 aliphatic carbocycles. The van der Waals surface area contributed by atoms with E-state index < -0.39 is 21.4 Å². The Morgan fingerprint density at radius 1 is 1.40 bits per heavy atom. The first-order valence-corrected chi connectivity index (χ1v) is 8.05. The van der Waals surface area contributed by atoms with E-state index in [0.717, 1.165) is 0 Å². The number of hydrogen-bond acceptors (Lipinski definition) is 5. The summed E-state index contributed by atoms with van der Waals surface area (Å²) in [6.07, 6.45) is 0.375. The number of rotatable bonds is 2. The van der Waals surface area contributed by atoms with E-state index in [2.05, 4.69) is 0 Å². The molecule has 2 unspecified atom stereocenters. The number of aliphatic hydroxyl groups is 1. The van der Waals surface area contributed by atoms with Gasteiger partial charge < -0.3 is 9.52 Å². The maximum Gasteiger partial charge on any atom is 0.152 e. The summed E-state index contributed by atoms with van der Waals surface area (Å²) in [7, 11) is -3.27. The Balaban J connectivity index is 2.08. The minimum absolute atomic E-state index is 0.0621. The van der Waals surface area contributed by atoms with Crippen LogP contribution < -0.4 is 0 Å². The van der Waals surface area contributed by atoms with E-state index in [9.17, 15) is 18.8 Å². The second-order valence-corrected chi connectivity index (χ2v) is 7.38. The Labute approximate surface area is 116 Å². The van der Waals surface area contributed by atoms with E-state index in [0.29, 0.717) is 16.5 Å². The summed E-state index contributed by atoms with van der Waals surface area (Å²) in [4.78, 5) is 0. The highest BCUT2D eigenvalue weighted by Gasteiger charge is 2.49. The molecule has 1 N–H and O–H groups in total. The first-order chi connectivity index (χ1) is 9.47. The van der Waals surface area contributed by atoms with E-state index in [1.54, 1.807) is 18.2 Å². The number of furan rings is 1. The molecule has 20 heavy (non-hydrogen) atoms. The Hall–Kier alpha value is -1.84. The predicted octanol–water partition coefficient (Wildman–Crippen LogP) is 1.79. The fourth-order valence-corrected chi connectivity index (χ4v) is 4.72. The Morgan fingerprint density at radius 2 is 2.15 bits per heavy atom. The largest absolute Gasteiger partial charge is 0.464 e. The van der Waals surface area contributed by atoms with Gasteiger partial charge in [0.05, 0.1) is 23.8 Å². The number of benzene rings is 1. The van der Waals surface area contributed by atoms with Crippen LogP contribution in [0.3, 0.4) is 0 Å². The summed E-state index contributed by atoms with van der Waals surface area (Å²) in [5.41, 5.74) is -0.208. The molecule has 104 valence electrons. The average Bonchev–Trinajstić information content (AvgIpc) is 2.99. The SMILES string of the molecule is N#CC1(C(O)c2coc3ccccc23)CCS(=O)(=O)C1. The Bertz CT molecular complexity index is 802. The van der Waals surface area contributed by atoms with E-state index in [-0.39, 0.29) is 17.9 Å². The van der Waals surface area contributed by atoms with Crippen LogP contribution in [-0.2, 0) is 9.84 Å². The number of hydrogen-bond donors (Lipinski definition) is 1. The predicted molar refractivity (Wildman–Crippen MR) is 72.5 cm³/mol. The molecule has 1 aliphatic rings. The first-order valence-electron chi connectivity index (χ1n) is 6.23. The zero-order valence-corrected chi connectivity index (χ0v) is 11.4. The van der Waals surface area contributed by atoms with Crippen LogP contribution in [0.5, 0.6) is 0 Å². The molecule has 6 heteroatoms. The van der Waals surface area contributed by atoms with Crippen LogP contribution in [-0.4, -0.2) is 25.0 Å². The molecule has 0 spiro atoms. The van der Waals surface area contributed by atoms with Crippen LogP contribution in [0.1, 0.15) is 18.1 Å². The van der Waals surface area contributed by atoms with Gasteiger partial charge in [-0.3, -0.25) is 0 Å². The smallest absolute Gasteiger partial charge is 0.152 e. The number of aliphatic hydroxyl groups excluding tert-OH is 1. The van der Waals surface area contributed by atoms with Crippen molar-refractivity contribution in [3.05, 3.63) is 36.1 Å². The molecular formula is C14H13NO4S. The number of nitrogens with zero attached hydrogens (tertiary/aromatic N) is 1. The van der Waals surface area contributed by atoms with Crippen LogP contribution >= 0.6 is 0 Å². The molecular weight excluding hydrogens is 278 g/mol. The zero-order chi connectivity index (χ0) is 14.4. The van der Waals surface area contributed by atoms with Crippen molar-refractivity contribution < 1.29 is 17.9 Å². The topological polar surface area (TPSA) is 91.3 Å². The van der Waals surface area contributed by atoms with Gasteiger partial charge in [-0.15, -0.1) is 0 Å². The van der Waals surface area contributed by atoms with Gasteiger partial charge in [0.2, 0.25) is 0 Å². The monoisotopic (exact) mass is 291 g/mol. The van der Waals surface area contributed by atoms with Gasteiger partial charge >= 0.3 is 0 Å². The molecule has 5 nitrogen and oxygen atoms in total. The fraction of sp³-hybridized carbons (Fsp3) is 0.357. The lowest BCUT2D eigenvalue weighted by atomic mass is 9.80. The van der Waals surface area contributed by atoms with Gasteiger partial charge in [0.1, 0.15) is 17.1 Å². The van der Waals surface area contributed by atoms with Gasteiger partial charge in [-0.25, -0.2) is 8.42 Å². The first kappa shape index (κ1) is 13.2. The molecule has 1 aromatic carbocycles. The van der Waals surface area contributed by atoms with Crippen LogP contribution in [0, 0.1) is 16.7 Å². The molecule has 3 rings (SSSR count). The molecule has 0 bridgehead atoms. The number of para-hydroxylation sites is 1. The normalized spacial score (nSPS) is 26.4. The van der Waals surface area contributed by atoms with Crippen LogP contribution in [0.25, 0.3) is 11.0 Å². The quantitative estimate of drug-likeness (QED) is 0.910. The molecule has 1 aromatic heterocycles. The van der Waals surface area contributed by atoms with E-state index in [4.69, 9.17) is 4.42 Å². The van der Waals surface area contributed by atoms with E-state index in [1.165, 1.54) is 6.26 Å². The Kier molecular flexibility index (Phi) is 2.85. The van der Waals surface area contributed by atoms with Gasteiger partial charge in [0, 0.05) is 10.9 Å². The maximum absolute atomic E-state index is 11.7. The average molecular weight is 291 g/mol. The minimum Gasteiger partial charge on any atom is -0.464 e. The number of fused-ring (bicyclic) bond motifs is 1. The molecule has 1 aliphatic heterocycles. The third-order valence-electron chi connectivity index (χ3n) is 3.89. The van der Waals surface area contributed by atoms with Crippen molar-refractivity contribution in [2.24, 2.45) is 5.41 Å². The molecule has 2 heterocycles. The third kappa shape index (κ3) is 1.90. The summed E-state index contributed by atoms with van der Waals surface area (Å²) in [6.45, 7) is 0. The van der Waals surface area contributed by atoms with Crippen LogP contribution in [0.4, 0.5) is 0 Å². The van der Waals surface area contributed by atoms with Gasteiger partial charge in [-0.2, -0.15) is 5.26 Å². The lowest BCUT2D eigenvalue weighted by molar-refractivity contribution is 0.0798. The highest BCUT2D eigenvalue weighted by atomic mass is 32.2. The summed E-state index contributed by atoms with van der Waals surface area (Å²) in [5.74, 6) is -0.370. The van der Waals surface area contributed by atoms with Crippen molar-refractivity contribution in [1.82, 2.24) is 0 Å². The molecule has 1 saturated heterocycles. The van der Waals surface area contributed by atoms with Gasteiger partial charge in [0.25, 0.3) is 0 Å². The van der Waals surface area contributed by atoms with Crippen molar-refractivity contribution >= 4 is 20.8 Å². The Morgan fingerprint density at radius 3 is 2.80 bits per heavy atom. The lowest BCUT2D eigenvalue weighted by Gasteiger charge is -2.24. The summed E-state index contributed by atoms with van der Waals surface area (Å²) in [6, 6.07) is 9.17. The van der Waals surface area contributed by atoms with Crippen molar-refractivity contribution in [3.8, 4) is 6.07 Å². The second kappa shape index (κ2) is 4.33. The highest BCUT2D eigenvalue weighted by Crippen LogP contribution is 2.44. The summed E-state index contributed by atoms with van der Waals surface area (Å²) in [5, 5.41) is 20.6. The molecule has 0 radical (unpaired) electrons. The fourth-order valence-electron chi connectivity index (χ4n) is 2.75. The van der Waals surface area contributed by atoms with Crippen LogP contribution in [0.15, 0.2) is 34.9 Å². The lowest BCUT2D eigenvalue weighted by Crippen LogP contribution is -2.28. The van der Waals surface area contributed by atoms with Crippen molar-refractivity contribution in [2.45, 2.75) is 12.5 Å². The van der Waals surface area contributed by atoms with Crippen molar-refractivity contribution in [1.29, 1.82) is 5.26 Å². The van der Waals surface area contributed by atoms with E-state index in [1.807, 2.05) is 12.1 Å². The van der Waals surface area contributed by atoms with Crippen molar-refractivity contribution in [3.63, 3.8) is 0 Å². The molecule has 1 fully saturated rings. The number of nitriles is 1. The molecule has 0 amide bonds. The summed E-state index contributed by atoms with van der Waals surface area (Å²) < 4.78 is 28.7. The van der Waals surface area contributed by atoms with E-state index >= 15 is 0 Å². The maximum atomic E-state index is 11.7. The minimum atomic E-state index is -3.27. The highest BCUT2D eigenvalue weighted by molar-refractivity contribution is 7.91. The second-order valence-electron chi connectivity index (χ2n) is 5.20.